The summed E-state index contributed by atoms with van der Waals surface area (Å²) in [6, 6.07) is 3.41. The molecule has 1 saturated heterocycles. The molecular formula is C17H20ClFN2O3. The van der Waals surface area contributed by atoms with Crippen LogP contribution < -0.4 is 5.32 Å². The highest BCUT2D eigenvalue weighted by atomic mass is 35.5. The number of nitrogens with one attached hydrogen (secondary N) is 1. The molecule has 5 nitrogen and oxygen atoms in total. The molecule has 3 atom stereocenters. The minimum atomic E-state index is -0.897. The smallest absolute Gasteiger partial charge is 0.320 e. The number of nitrogens with zero attached hydrogens (tertiary/aromatic N) is 1. The van der Waals surface area contributed by atoms with Gasteiger partial charge in [0.2, 0.25) is 5.91 Å². The van der Waals surface area contributed by atoms with Gasteiger partial charge in [0.15, 0.2) is 0 Å². The number of carbonyl (C=O) groups is 2. The number of amides is 1. The number of aliphatic carboxylic acids is 1. The fourth-order valence-corrected chi connectivity index (χ4v) is 4.14. The van der Waals surface area contributed by atoms with Gasteiger partial charge in [-0.3, -0.25) is 14.5 Å². The maximum atomic E-state index is 13.7. The molecular weight excluding hydrogens is 335 g/mol. The van der Waals surface area contributed by atoms with Gasteiger partial charge in [-0.15, -0.1) is 0 Å². The number of hydrogen-bond acceptors (Lipinski definition) is 3. The summed E-state index contributed by atoms with van der Waals surface area (Å²) < 4.78 is 13.7. The van der Waals surface area contributed by atoms with Gasteiger partial charge in [-0.1, -0.05) is 24.4 Å². The lowest BCUT2D eigenvalue weighted by atomic mass is 9.85. The average molecular weight is 355 g/mol. The van der Waals surface area contributed by atoms with Crippen molar-refractivity contribution in [3.63, 3.8) is 0 Å². The summed E-state index contributed by atoms with van der Waals surface area (Å²) in [4.78, 5) is 25.6. The Bertz CT molecular complexity index is 655. The number of rotatable bonds is 4. The molecule has 0 radical (unpaired) electrons. The van der Waals surface area contributed by atoms with Gasteiger partial charge in [0.05, 0.1) is 12.2 Å². The summed E-state index contributed by atoms with van der Waals surface area (Å²) >= 11 is 5.82. The van der Waals surface area contributed by atoms with Crippen LogP contribution in [0.3, 0.4) is 0 Å². The number of likely N-dealkylation sites (tertiary alicyclic amines) is 1. The first-order valence-electron chi connectivity index (χ1n) is 8.19. The van der Waals surface area contributed by atoms with Crippen LogP contribution in [0.4, 0.5) is 10.1 Å². The van der Waals surface area contributed by atoms with Crippen LogP contribution in [0.5, 0.6) is 0 Å². The van der Waals surface area contributed by atoms with Crippen LogP contribution in [0, 0.1) is 11.7 Å². The van der Waals surface area contributed by atoms with Gasteiger partial charge in [-0.2, -0.15) is 0 Å². The van der Waals surface area contributed by atoms with Gasteiger partial charge in [0.1, 0.15) is 11.9 Å². The van der Waals surface area contributed by atoms with Crippen LogP contribution in [-0.4, -0.2) is 40.5 Å². The van der Waals surface area contributed by atoms with Crippen LogP contribution in [0.25, 0.3) is 0 Å². The standard InChI is InChI=1S/C17H20ClFN2O3/c18-11-5-6-12(19)13(8-11)20-16(22)9-21-14-4-2-1-3-10(14)7-15(21)17(23)24/h5-6,8,10,14-15H,1-4,7,9H2,(H,20,22)(H,23,24). The molecule has 2 aliphatic rings. The number of hydrogen-bond donors (Lipinski definition) is 2. The lowest BCUT2D eigenvalue weighted by molar-refractivity contribution is -0.143. The van der Waals surface area contributed by atoms with Gasteiger partial charge in [-0.05, 0) is 43.4 Å². The zero-order chi connectivity index (χ0) is 17.3. The number of carboxylic acid groups (broad SMARTS) is 1. The highest BCUT2D eigenvalue weighted by Crippen LogP contribution is 2.39. The van der Waals surface area contributed by atoms with Crippen molar-refractivity contribution >= 4 is 29.2 Å². The van der Waals surface area contributed by atoms with E-state index in [0.29, 0.717) is 17.4 Å². The Morgan fingerprint density at radius 2 is 2.08 bits per heavy atom. The molecule has 24 heavy (non-hydrogen) atoms. The number of carbonyl (C=O) groups excluding carboxylic acids is 1. The number of benzene rings is 1. The Hall–Kier alpha value is -1.66. The first-order valence-corrected chi connectivity index (χ1v) is 8.57. The van der Waals surface area contributed by atoms with Gasteiger partial charge in [0.25, 0.3) is 0 Å². The molecule has 1 aliphatic carbocycles. The van der Waals surface area contributed by atoms with Crippen LogP contribution in [0.2, 0.25) is 5.02 Å². The molecule has 1 aromatic carbocycles. The second kappa shape index (κ2) is 7.07. The predicted molar refractivity (Wildman–Crippen MR) is 88.5 cm³/mol. The van der Waals surface area contributed by atoms with E-state index >= 15 is 0 Å². The zero-order valence-electron chi connectivity index (χ0n) is 13.2. The first kappa shape index (κ1) is 17.2. The van der Waals surface area contributed by atoms with Crippen molar-refractivity contribution in [2.24, 2.45) is 5.92 Å². The molecule has 2 fully saturated rings. The van der Waals surface area contributed by atoms with Crippen molar-refractivity contribution in [2.75, 3.05) is 11.9 Å². The van der Waals surface area contributed by atoms with Crippen molar-refractivity contribution < 1.29 is 19.1 Å². The van der Waals surface area contributed by atoms with Gasteiger partial charge in [-0.25, -0.2) is 4.39 Å². The monoisotopic (exact) mass is 354 g/mol. The third-order valence-corrected chi connectivity index (χ3v) is 5.27. The molecule has 7 heteroatoms. The van der Waals surface area contributed by atoms with Crippen LogP contribution >= 0.6 is 11.6 Å². The molecule has 1 aliphatic heterocycles. The third-order valence-electron chi connectivity index (χ3n) is 5.04. The number of halogens is 2. The largest absolute Gasteiger partial charge is 0.480 e. The third kappa shape index (κ3) is 3.54. The molecule has 3 rings (SSSR count). The maximum Gasteiger partial charge on any atom is 0.320 e. The van der Waals surface area contributed by atoms with E-state index in [1.807, 2.05) is 0 Å². The van der Waals surface area contributed by atoms with Crippen molar-refractivity contribution in [3.8, 4) is 0 Å². The first-order chi connectivity index (χ1) is 11.5. The molecule has 0 bridgehead atoms. The highest BCUT2D eigenvalue weighted by Gasteiger charge is 2.45. The van der Waals surface area contributed by atoms with E-state index in [-0.39, 0.29) is 18.3 Å². The van der Waals surface area contributed by atoms with E-state index in [2.05, 4.69) is 5.32 Å². The fourth-order valence-electron chi connectivity index (χ4n) is 3.97. The Morgan fingerprint density at radius 3 is 2.83 bits per heavy atom. The van der Waals surface area contributed by atoms with E-state index in [1.54, 1.807) is 4.90 Å². The molecule has 1 amide bonds. The summed E-state index contributed by atoms with van der Waals surface area (Å²) in [5.41, 5.74) is 0.0127. The Labute approximate surface area is 144 Å². The highest BCUT2D eigenvalue weighted by molar-refractivity contribution is 6.30. The van der Waals surface area contributed by atoms with Gasteiger partial charge in [0, 0.05) is 11.1 Å². The van der Waals surface area contributed by atoms with E-state index in [9.17, 15) is 19.1 Å². The predicted octanol–water partition coefficient (Wildman–Crippen LogP) is 3.14. The minimum absolute atomic E-state index is 0.0127. The fraction of sp³-hybridized carbons (Fsp3) is 0.529. The minimum Gasteiger partial charge on any atom is -0.480 e. The Kier molecular flexibility index (Phi) is 5.06. The topological polar surface area (TPSA) is 69.6 Å². The van der Waals surface area contributed by atoms with Crippen LogP contribution in [0.15, 0.2) is 18.2 Å². The Morgan fingerprint density at radius 1 is 1.33 bits per heavy atom. The van der Waals surface area contributed by atoms with E-state index in [4.69, 9.17) is 11.6 Å². The number of anilines is 1. The van der Waals surface area contributed by atoms with Crippen molar-refractivity contribution in [1.82, 2.24) is 4.90 Å². The normalized spacial score (nSPS) is 26.8. The molecule has 3 unspecified atom stereocenters. The van der Waals surface area contributed by atoms with Gasteiger partial charge < -0.3 is 10.4 Å². The SMILES string of the molecule is O=C(CN1C(C(=O)O)CC2CCCCC21)Nc1cc(Cl)ccc1F. The van der Waals surface area contributed by atoms with Crippen LogP contribution in [-0.2, 0) is 9.59 Å². The lowest BCUT2D eigenvalue weighted by Gasteiger charge is -2.32. The Balaban J connectivity index is 1.71. The summed E-state index contributed by atoms with van der Waals surface area (Å²) in [5, 5.41) is 12.3. The quantitative estimate of drug-likeness (QED) is 0.871. The van der Waals surface area contributed by atoms with Crippen molar-refractivity contribution in [2.45, 2.75) is 44.2 Å². The summed E-state index contributed by atoms with van der Waals surface area (Å²) in [7, 11) is 0. The molecule has 1 heterocycles. The molecule has 0 aromatic heterocycles. The van der Waals surface area contributed by atoms with E-state index in [0.717, 1.165) is 25.7 Å². The molecule has 0 spiro atoms. The summed E-state index contributed by atoms with van der Waals surface area (Å²) in [5.74, 6) is -1.56. The maximum absolute atomic E-state index is 13.7. The summed E-state index contributed by atoms with van der Waals surface area (Å²) in [6.45, 7) is -0.0515. The van der Waals surface area contributed by atoms with Crippen LogP contribution in [0.1, 0.15) is 32.1 Å². The number of carboxylic acids is 1. The van der Waals surface area contributed by atoms with Gasteiger partial charge >= 0.3 is 5.97 Å². The second-order valence-corrected chi connectivity index (χ2v) is 6.98. The molecule has 2 N–H and O–H groups in total. The molecule has 1 aromatic rings. The zero-order valence-corrected chi connectivity index (χ0v) is 13.9. The van der Waals surface area contributed by atoms with Crippen molar-refractivity contribution in [1.29, 1.82) is 0 Å². The van der Waals surface area contributed by atoms with E-state index in [1.165, 1.54) is 18.2 Å². The molecule has 130 valence electrons. The summed E-state index contributed by atoms with van der Waals surface area (Å²) in [6.07, 6.45) is 4.66. The molecule has 1 saturated carbocycles. The van der Waals surface area contributed by atoms with Crippen molar-refractivity contribution in [3.05, 3.63) is 29.0 Å². The van der Waals surface area contributed by atoms with E-state index < -0.39 is 23.7 Å². The average Bonchev–Trinajstić information content (AvgIpc) is 2.90. The number of fused-ring (bicyclic) bond motifs is 1. The second-order valence-electron chi connectivity index (χ2n) is 6.55. The lowest BCUT2D eigenvalue weighted by Crippen LogP contribution is -2.46.